The maximum atomic E-state index is 5.79. The summed E-state index contributed by atoms with van der Waals surface area (Å²) in [5.41, 5.74) is 0.894. The molecular weight excluding hydrogens is 214 g/mol. The van der Waals surface area contributed by atoms with E-state index in [1.54, 1.807) is 6.20 Å². The van der Waals surface area contributed by atoms with Crippen LogP contribution in [0, 0.1) is 0 Å². The monoisotopic (exact) mass is 223 g/mol. The molecule has 0 N–H and O–H groups in total. The van der Waals surface area contributed by atoms with Crippen LogP contribution in [0.15, 0.2) is 18.5 Å². The molecule has 0 saturated carbocycles. The van der Waals surface area contributed by atoms with E-state index in [0.29, 0.717) is 11.3 Å². The number of halogens is 1. The highest BCUT2D eigenvalue weighted by Crippen LogP contribution is 2.24. The van der Waals surface area contributed by atoms with E-state index in [4.69, 9.17) is 16.3 Å². The standard InChI is InChI=1S/C10H10ClN3O/c11-10-12-5-7-1-3-14(9(7)13-10)8-2-4-15-6-8/h1,3,5,8H,2,4,6H2/t8-/m1/s1. The smallest absolute Gasteiger partial charge is 0.224 e. The van der Waals surface area contributed by atoms with Crippen molar-refractivity contribution in [2.45, 2.75) is 12.5 Å². The molecule has 78 valence electrons. The first kappa shape index (κ1) is 9.12. The van der Waals surface area contributed by atoms with Crippen molar-refractivity contribution in [2.75, 3.05) is 13.2 Å². The molecule has 1 aliphatic heterocycles. The summed E-state index contributed by atoms with van der Waals surface area (Å²) < 4.78 is 7.48. The second-order valence-corrected chi connectivity index (χ2v) is 4.00. The average molecular weight is 224 g/mol. The van der Waals surface area contributed by atoms with E-state index in [-0.39, 0.29) is 0 Å². The van der Waals surface area contributed by atoms with Crippen LogP contribution in [0.25, 0.3) is 11.0 Å². The number of aromatic nitrogens is 3. The molecule has 3 rings (SSSR count). The van der Waals surface area contributed by atoms with Crippen LogP contribution in [-0.2, 0) is 4.74 Å². The molecule has 2 aromatic heterocycles. The number of rotatable bonds is 1. The molecule has 1 fully saturated rings. The van der Waals surface area contributed by atoms with Crippen LogP contribution in [0.4, 0.5) is 0 Å². The molecule has 0 amide bonds. The van der Waals surface area contributed by atoms with Crippen LogP contribution >= 0.6 is 11.6 Å². The summed E-state index contributed by atoms with van der Waals surface area (Å²) in [6, 6.07) is 2.39. The van der Waals surface area contributed by atoms with Crippen LogP contribution in [0.3, 0.4) is 0 Å². The minimum absolute atomic E-state index is 0.293. The molecule has 3 heterocycles. The molecule has 1 saturated heterocycles. The van der Waals surface area contributed by atoms with Gasteiger partial charge in [0, 0.05) is 24.4 Å². The van der Waals surface area contributed by atoms with E-state index in [0.717, 1.165) is 30.7 Å². The Morgan fingerprint density at radius 1 is 1.53 bits per heavy atom. The Kier molecular flexibility index (Phi) is 2.11. The maximum absolute atomic E-state index is 5.79. The van der Waals surface area contributed by atoms with E-state index in [1.165, 1.54) is 0 Å². The minimum atomic E-state index is 0.293. The highest BCUT2D eigenvalue weighted by Gasteiger charge is 2.19. The number of ether oxygens (including phenoxy) is 1. The van der Waals surface area contributed by atoms with Crippen molar-refractivity contribution < 1.29 is 4.74 Å². The Labute approximate surface area is 91.8 Å². The molecule has 0 aromatic carbocycles. The second kappa shape index (κ2) is 3.47. The number of hydrogen-bond donors (Lipinski definition) is 0. The molecule has 0 unspecified atom stereocenters. The normalized spacial score (nSPS) is 21.3. The summed E-state index contributed by atoms with van der Waals surface area (Å²) in [4.78, 5) is 8.20. The summed E-state index contributed by atoms with van der Waals surface area (Å²) in [5, 5.41) is 1.31. The van der Waals surface area contributed by atoms with Crippen LogP contribution < -0.4 is 0 Å². The molecule has 1 aliphatic rings. The van der Waals surface area contributed by atoms with Crippen LogP contribution in [0.2, 0.25) is 5.28 Å². The fraction of sp³-hybridized carbons (Fsp3) is 0.400. The number of nitrogens with zero attached hydrogens (tertiary/aromatic N) is 3. The minimum Gasteiger partial charge on any atom is -0.379 e. The SMILES string of the molecule is Clc1ncc2ccn([C@@H]3CCOC3)c2n1. The average Bonchev–Trinajstić information content (AvgIpc) is 2.83. The summed E-state index contributed by atoms with van der Waals surface area (Å²) in [7, 11) is 0. The van der Waals surface area contributed by atoms with Gasteiger partial charge in [0.2, 0.25) is 5.28 Å². The number of hydrogen-bond acceptors (Lipinski definition) is 3. The van der Waals surface area contributed by atoms with Gasteiger partial charge in [-0.05, 0) is 24.1 Å². The Bertz CT molecular complexity index is 490. The third kappa shape index (κ3) is 1.50. The van der Waals surface area contributed by atoms with Gasteiger partial charge in [0.25, 0.3) is 0 Å². The van der Waals surface area contributed by atoms with E-state index < -0.39 is 0 Å². The van der Waals surface area contributed by atoms with Crippen LogP contribution in [-0.4, -0.2) is 27.7 Å². The van der Waals surface area contributed by atoms with Gasteiger partial charge in [-0.3, -0.25) is 0 Å². The molecule has 15 heavy (non-hydrogen) atoms. The van der Waals surface area contributed by atoms with E-state index in [2.05, 4.69) is 14.5 Å². The van der Waals surface area contributed by atoms with Gasteiger partial charge >= 0.3 is 0 Å². The molecule has 4 nitrogen and oxygen atoms in total. The zero-order chi connectivity index (χ0) is 10.3. The highest BCUT2D eigenvalue weighted by atomic mass is 35.5. The summed E-state index contributed by atoms with van der Waals surface area (Å²) in [6.07, 6.45) is 4.80. The van der Waals surface area contributed by atoms with Gasteiger partial charge in [-0.15, -0.1) is 0 Å². The van der Waals surface area contributed by atoms with Gasteiger partial charge in [0.1, 0.15) is 5.65 Å². The van der Waals surface area contributed by atoms with Crippen molar-refractivity contribution in [1.82, 2.24) is 14.5 Å². The van der Waals surface area contributed by atoms with Crippen molar-refractivity contribution in [3.63, 3.8) is 0 Å². The molecule has 0 spiro atoms. The topological polar surface area (TPSA) is 39.9 Å². The zero-order valence-corrected chi connectivity index (χ0v) is 8.81. The molecule has 0 bridgehead atoms. The maximum Gasteiger partial charge on any atom is 0.224 e. The first-order valence-electron chi connectivity index (χ1n) is 4.91. The van der Waals surface area contributed by atoms with E-state index >= 15 is 0 Å². The molecule has 2 aromatic rings. The van der Waals surface area contributed by atoms with Crippen molar-refractivity contribution in [2.24, 2.45) is 0 Å². The predicted molar refractivity (Wildman–Crippen MR) is 57.0 cm³/mol. The largest absolute Gasteiger partial charge is 0.379 e. The summed E-state index contributed by atoms with van der Waals surface area (Å²) in [5.74, 6) is 0. The molecule has 0 radical (unpaired) electrons. The van der Waals surface area contributed by atoms with Gasteiger partial charge in [0.05, 0.1) is 12.6 Å². The Hall–Kier alpha value is -1.13. The van der Waals surface area contributed by atoms with E-state index in [1.807, 2.05) is 12.3 Å². The van der Waals surface area contributed by atoms with Crippen molar-refractivity contribution in [1.29, 1.82) is 0 Å². The molecule has 0 aliphatic carbocycles. The fourth-order valence-corrected chi connectivity index (χ4v) is 2.08. The van der Waals surface area contributed by atoms with Gasteiger partial charge in [-0.1, -0.05) is 0 Å². The second-order valence-electron chi connectivity index (χ2n) is 3.66. The van der Waals surface area contributed by atoms with Crippen molar-refractivity contribution in [3.8, 4) is 0 Å². The van der Waals surface area contributed by atoms with Gasteiger partial charge in [-0.2, -0.15) is 4.98 Å². The lowest BCUT2D eigenvalue weighted by atomic mass is 10.2. The zero-order valence-electron chi connectivity index (χ0n) is 8.06. The summed E-state index contributed by atoms with van der Waals surface area (Å²) >= 11 is 5.79. The number of fused-ring (bicyclic) bond motifs is 1. The molecular formula is C10H10ClN3O. The van der Waals surface area contributed by atoms with Crippen molar-refractivity contribution in [3.05, 3.63) is 23.7 Å². The van der Waals surface area contributed by atoms with E-state index in [9.17, 15) is 0 Å². The van der Waals surface area contributed by atoms with Crippen molar-refractivity contribution >= 4 is 22.6 Å². The Balaban J connectivity index is 2.13. The Morgan fingerprint density at radius 2 is 2.47 bits per heavy atom. The van der Waals surface area contributed by atoms with Gasteiger partial charge in [-0.25, -0.2) is 4.98 Å². The third-order valence-electron chi connectivity index (χ3n) is 2.72. The lowest BCUT2D eigenvalue weighted by molar-refractivity contribution is 0.187. The highest BCUT2D eigenvalue weighted by molar-refractivity contribution is 6.28. The van der Waals surface area contributed by atoms with Gasteiger partial charge < -0.3 is 9.30 Å². The predicted octanol–water partition coefficient (Wildman–Crippen LogP) is 2.05. The quantitative estimate of drug-likeness (QED) is 0.695. The lowest BCUT2D eigenvalue weighted by Crippen LogP contribution is -2.07. The Morgan fingerprint density at radius 3 is 3.27 bits per heavy atom. The first-order chi connectivity index (χ1) is 7.34. The lowest BCUT2D eigenvalue weighted by Gasteiger charge is -2.10. The van der Waals surface area contributed by atoms with Crippen LogP contribution in [0.5, 0.6) is 0 Å². The van der Waals surface area contributed by atoms with Crippen LogP contribution in [0.1, 0.15) is 12.5 Å². The fourth-order valence-electron chi connectivity index (χ4n) is 1.95. The molecule has 1 atom stereocenters. The first-order valence-corrected chi connectivity index (χ1v) is 5.29. The van der Waals surface area contributed by atoms with Gasteiger partial charge in [0.15, 0.2) is 0 Å². The molecule has 5 heteroatoms. The third-order valence-corrected chi connectivity index (χ3v) is 2.91. The summed E-state index contributed by atoms with van der Waals surface area (Å²) in [6.45, 7) is 1.58.